The SMILES string of the molecule is CC(C)C[C@@H]1C(=O)N(C)[C@H](CC(C)C)C(=O)N(C)[C@H](C(C)C)C(=O)N(C)[C@H]([C@H](O[Si](C)(C)C(C)(C)C)[C@H](C)CCO)C(=O)N[C@H](C(C)C)C(=O)N(C)[C@H](C)C(=O)N(C)[C@@H](CC(C)C)C(=O)N[C@H](C(C)C)C(=O)N(C)[C@H](CC(C)C)C(=O)N[C@H](C)C(=O)C[C@@H](C)C(=O)N1C. The van der Waals surface area contributed by atoms with Gasteiger partial charge in [0.2, 0.25) is 59.1 Å². The van der Waals surface area contributed by atoms with Crippen molar-refractivity contribution in [1.29, 1.82) is 0 Å². The number of aliphatic hydroxyl groups excluding tert-OH is 1. The number of carbonyl (C=O) groups excluding carboxylic acids is 11. The zero-order valence-corrected chi connectivity index (χ0v) is 64.0. The summed E-state index contributed by atoms with van der Waals surface area (Å²) in [7, 11) is 7.40. The summed E-state index contributed by atoms with van der Waals surface area (Å²) in [5.41, 5.74) is 0. The molecule has 1 fully saturated rings. The third kappa shape index (κ3) is 23.1. The van der Waals surface area contributed by atoms with Crippen molar-refractivity contribution in [2.24, 2.45) is 53.3 Å². The predicted molar refractivity (Wildman–Crippen MR) is 367 cm³/mol. The second-order valence-electron chi connectivity index (χ2n) is 31.1. The Morgan fingerprint density at radius 2 is 0.806 bits per heavy atom. The van der Waals surface area contributed by atoms with Gasteiger partial charge >= 0.3 is 0 Å². The number of hydrogen-bond donors (Lipinski definition) is 4. The number of likely N-dealkylation sites (N-methyl/N-ethyl adjacent to an activating group) is 7. The molecule has 10 amide bonds. The highest BCUT2D eigenvalue weighted by atomic mass is 28.4. The molecule has 0 aliphatic carbocycles. The van der Waals surface area contributed by atoms with Crippen LogP contribution in [0.25, 0.3) is 0 Å². The van der Waals surface area contributed by atoms with Gasteiger partial charge in [0.1, 0.15) is 54.4 Å². The first-order valence-corrected chi connectivity index (χ1v) is 36.9. The Bertz CT molecular complexity index is 2550. The number of Topliss-reactive ketones (excluding diaryl/α,β-unsaturated/α-hetero) is 1. The maximum Gasteiger partial charge on any atom is 0.246 e. The fraction of sp³-hybridized carbons (Fsp3) is 0.841. The third-order valence-electron chi connectivity index (χ3n) is 19.1. The monoisotopic (exact) mass is 1330 g/mol. The molecule has 0 unspecified atom stereocenters. The lowest BCUT2D eigenvalue weighted by Crippen LogP contribution is -2.65. The fourth-order valence-electron chi connectivity index (χ4n) is 11.8. The normalized spacial score (nSPS) is 26.9. The summed E-state index contributed by atoms with van der Waals surface area (Å²) in [6.07, 6.45) is -0.589. The van der Waals surface area contributed by atoms with Crippen molar-refractivity contribution in [1.82, 2.24) is 50.2 Å². The second kappa shape index (κ2) is 36.6. The summed E-state index contributed by atoms with van der Waals surface area (Å²) in [5, 5.41) is 18.8. The van der Waals surface area contributed by atoms with Gasteiger partial charge in [0.15, 0.2) is 14.1 Å². The second-order valence-corrected chi connectivity index (χ2v) is 35.9. The van der Waals surface area contributed by atoms with Crippen LogP contribution in [0.1, 0.15) is 184 Å². The number of ketones is 1. The van der Waals surface area contributed by atoms with E-state index in [9.17, 15) is 33.9 Å². The standard InChI is InChI=1S/C69H128N10O13Si/c1-38(2)33-49-59(82)70-47(17)53(81)37-46(16)62(85)76(25)51(35-40(5)6)64(87)77(26)52(36-41(7)8)65(88)78(27)56(44(13)14)68(91)79(28)57(58(45(15)31-32-80)92-93(29,30)69(19,20)21)61(84)72-54(42(9)10)66(89)73(22)48(18)63(86)74(23)50(34-39(3)4)60(83)71-55(43(11)12)67(90)75(49)24/h38-52,54-58,80H,31-37H2,1-30H3,(H,70,82)(H,71,83)(H,72,84)/t45-,46-,47-,48-,49-,50+,51-,52-,54-,55-,56-,57-,58-/m1/s1. The first kappa shape index (κ1) is 85.5. The number of aliphatic hydroxyl groups is 1. The number of hydrogen-bond acceptors (Lipinski definition) is 13. The fourth-order valence-corrected chi connectivity index (χ4v) is 13.2. The van der Waals surface area contributed by atoms with Gasteiger partial charge in [-0.1, -0.05) is 132 Å². The highest BCUT2D eigenvalue weighted by Gasteiger charge is 2.50. The van der Waals surface area contributed by atoms with Crippen LogP contribution in [0.15, 0.2) is 0 Å². The highest BCUT2D eigenvalue weighted by Crippen LogP contribution is 2.40. The minimum atomic E-state index is -2.87. The molecule has 1 rings (SSSR count). The molecule has 0 aromatic rings. The Kier molecular flexibility index (Phi) is 33.6. The Morgan fingerprint density at radius 1 is 0.452 bits per heavy atom. The topological polar surface area (TPSA) is 276 Å². The number of rotatable bonds is 17. The van der Waals surface area contributed by atoms with Gasteiger partial charge in [0.05, 0.1) is 12.1 Å². The van der Waals surface area contributed by atoms with Crippen molar-refractivity contribution < 1.29 is 62.3 Å². The highest BCUT2D eigenvalue weighted by molar-refractivity contribution is 6.74. The summed E-state index contributed by atoms with van der Waals surface area (Å²) in [6.45, 7) is 41.8. The molecule has 0 radical (unpaired) electrons. The minimum Gasteiger partial charge on any atom is -0.411 e. The number of nitrogens with one attached hydrogen (secondary N) is 3. The third-order valence-corrected chi connectivity index (χ3v) is 23.6. The van der Waals surface area contributed by atoms with Crippen LogP contribution in [0.3, 0.4) is 0 Å². The van der Waals surface area contributed by atoms with Crippen molar-refractivity contribution >= 4 is 73.2 Å². The Balaban J connectivity index is 4.63. The van der Waals surface area contributed by atoms with Crippen LogP contribution < -0.4 is 16.0 Å². The van der Waals surface area contributed by atoms with Crippen LogP contribution in [0.2, 0.25) is 18.1 Å². The largest absolute Gasteiger partial charge is 0.411 e. The molecule has 13 atom stereocenters. The van der Waals surface area contributed by atoms with Gasteiger partial charge in [-0.3, -0.25) is 52.7 Å². The van der Waals surface area contributed by atoms with Crippen LogP contribution in [0.5, 0.6) is 0 Å². The van der Waals surface area contributed by atoms with Gasteiger partial charge in [-0.2, -0.15) is 0 Å². The van der Waals surface area contributed by atoms with Gasteiger partial charge in [-0.15, -0.1) is 0 Å². The lowest BCUT2D eigenvalue weighted by Gasteiger charge is -2.46. The van der Waals surface area contributed by atoms with E-state index in [1.807, 2.05) is 96.2 Å². The molecule has 93 heavy (non-hydrogen) atoms. The summed E-state index contributed by atoms with van der Waals surface area (Å²) < 4.78 is 7.18. The summed E-state index contributed by atoms with van der Waals surface area (Å²) in [5.74, 6) is -10.6. The molecular formula is C69H128N10O13Si. The molecule has 0 aromatic heterocycles. The van der Waals surface area contributed by atoms with Gasteiger partial charge in [-0.25, -0.2) is 0 Å². The zero-order valence-electron chi connectivity index (χ0n) is 63.0. The van der Waals surface area contributed by atoms with Gasteiger partial charge < -0.3 is 59.8 Å². The number of nitrogens with zero attached hydrogens (tertiary/aromatic N) is 7. The van der Waals surface area contributed by atoms with Gasteiger partial charge in [0, 0.05) is 68.3 Å². The van der Waals surface area contributed by atoms with Crippen molar-refractivity contribution in [2.75, 3.05) is 55.9 Å². The van der Waals surface area contributed by atoms with E-state index in [0.717, 1.165) is 0 Å². The molecule has 536 valence electrons. The number of carbonyl (C=O) groups is 11. The molecular weight excluding hydrogens is 1200 g/mol. The Hall–Kier alpha value is -5.49. The Morgan fingerprint density at radius 3 is 1.20 bits per heavy atom. The molecule has 1 saturated heterocycles. The van der Waals surface area contributed by atoms with E-state index < -0.39 is 174 Å². The first-order valence-electron chi connectivity index (χ1n) is 34.0. The zero-order chi connectivity index (χ0) is 72.7. The molecule has 1 heterocycles. The quantitative estimate of drug-likeness (QED) is 0.114. The van der Waals surface area contributed by atoms with Gasteiger partial charge in [0.25, 0.3) is 0 Å². The average Bonchev–Trinajstić information content (AvgIpc) is 0.796. The lowest BCUT2D eigenvalue weighted by atomic mass is 9.91. The van der Waals surface area contributed by atoms with Gasteiger partial charge in [-0.05, 0) is 111 Å². The minimum absolute atomic E-state index is 0.122. The van der Waals surface area contributed by atoms with E-state index in [-0.39, 0.29) is 68.8 Å². The molecule has 0 saturated carbocycles. The van der Waals surface area contributed by atoms with Crippen LogP contribution in [-0.4, -0.2) is 235 Å². The van der Waals surface area contributed by atoms with E-state index in [0.29, 0.717) is 0 Å². The summed E-state index contributed by atoms with van der Waals surface area (Å²) >= 11 is 0. The number of amides is 10. The van der Waals surface area contributed by atoms with Crippen molar-refractivity contribution in [3.63, 3.8) is 0 Å². The first-order chi connectivity index (χ1) is 42.4. The summed E-state index contributed by atoms with van der Waals surface area (Å²) in [4.78, 5) is 174. The van der Waals surface area contributed by atoms with Crippen molar-refractivity contribution in [3.05, 3.63) is 0 Å². The van der Waals surface area contributed by atoms with Crippen molar-refractivity contribution in [2.45, 2.75) is 269 Å². The van der Waals surface area contributed by atoms with Crippen LogP contribution in [-0.2, 0) is 57.2 Å². The molecule has 4 N–H and O–H groups in total. The smallest absolute Gasteiger partial charge is 0.246 e. The van der Waals surface area contributed by atoms with Crippen molar-refractivity contribution in [3.8, 4) is 0 Å². The van der Waals surface area contributed by atoms with Crippen LogP contribution in [0, 0.1) is 53.3 Å². The van der Waals surface area contributed by atoms with E-state index in [4.69, 9.17) is 4.43 Å². The van der Waals surface area contributed by atoms with E-state index in [1.54, 1.807) is 48.5 Å². The molecule has 24 heteroatoms. The predicted octanol–water partition coefficient (Wildman–Crippen LogP) is 6.44. The molecule has 1 aliphatic heterocycles. The van der Waals surface area contributed by atoms with E-state index >= 15 is 24.0 Å². The molecule has 0 spiro atoms. The molecule has 1 aliphatic rings. The molecule has 23 nitrogen and oxygen atoms in total. The average molecular weight is 1330 g/mol. The maximum absolute atomic E-state index is 15.8. The lowest BCUT2D eigenvalue weighted by molar-refractivity contribution is -0.157. The molecule has 0 bridgehead atoms. The van der Waals surface area contributed by atoms with Crippen LogP contribution >= 0.6 is 0 Å². The molecule has 0 aromatic carbocycles. The maximum atomic E-state index is 15.8. The van der Waals surface area contributed by atoms with Crippen LogP contribution in [0.4, 0.5) is 0 Å². The van der Waals surface area contributed by atoms with E-state index in [2.05, 4.69) is 16.0 Å². The summed E-state index contributed by atoms with van der Waals surface area (Å²) in [6, 6.07) is -12.1. The van der Waals surface area contributed by atoms with E-state index in [1.165, 1.54) is 97.5 Å². The Labute approximate surface area is 561 Å².